The molecule has 2 aromatic rings. The third-order valence-corrected chi connectivity index (χ3v) is 8.26. The zero-order valence-electron chi connectivity index (χ0n) is 27.3. The van der Waals surface area contributed by atoms with Gasteiger partial charge in [-0.15, -0.1) is 0 Å². The van der Waals surface area contributed by atoms with Crippen LogP contribution in [-0.4, -0.2) is 85.2 Å². The fourth-order valence-corrected chi connectivity index (χ4v) is 5.68. The summed E-state index contributed by atoms with van der Waals surface area (Å²) in [7, 11) is 1.26. The van der Waals surface area contributed by atoms with Crippen LogP contribution in [0, 0.1) is 5.92 Å². The first-order valence-electron chi connectivity index (χ1n) is 16.3. The standard InChI is InChI=1S/C35H46N4O8/c1-23(2)20-27(38-35(44)46-22-25-14-8-5-9-15-25)32(41)37-28(21-24-12-6-4-7-13-24)33(42)36-26(30-31(47-30)34(43)45-3)16-17-29(40)39-18-10-11-19-39/h4-9,12-15,23,26-28,30-31H,10-11,16-22H2,1-3H3,(H,36,42)(H,37,41)(H,38,44)/t26-,27+,28+,30?,31?/m1/s1. The SMILES string of the molecule is COC(=O)C1OC1[C@@H](CCC(=O)N1CCCC1)NC(=O)[C@H](Cc1ccccc1)NC(=O)[C@H](CC(C)C)NC(=O)OCc1ccccc1. The number of carbonyl (C=O) groups excluding carboxylic acids is 5. The second-order valence-electron chi connectivity index (χ2n) is 12.4. The summed E-state index contributed by atoms with van der Waals surface area (Å²) in [6.07, 6.45) is 0.537. The first kappa shape index (κ1) is 35.4. The molecule has 5 atom stereocenters. The molecule has 47 heavy (non-hydrogen) atoms. The summed E-state index contributed by atoms with van der Waals surface area (Å²) < 4.78 is 15.8. The van der Waals surface area contributed by atoms with Gasteiger partial charge in [0.05, 0.1) is 13.2 Å². The van der Waals surface area contributed by atoms with Crippen molar-refractivity contribution in [3.63, 3.8) is 0 Å². The van der Waals surface area contributed by atoms with E-state index in [2.05, 4.69) is 16.0 Å². The Morgan fingerprint density at radius 3 is 2.09 bits per heavy atom. The number of methoxy groups -OCH3 is 1. The summed E-state index contributed by atoms with van der Waals surface area (Å²) in [5.41, 5.74) is 1.61. The number of likely N-dealkylation sites (tertiary alicyclic amines) is 1. The summed E-state index contributed by atoms with van der Waals surface area (Å²) in [5, 5.41) is 8.45. The minimum Gasteiger partial charge on any atom is -0.467 e. The highest BCUT2D eigenvalue weighted by molar-refractivity contribution is 5.91. The van der Waals surface area contributed by atoms with Crippen molar-refractivity contribution in [2.45, 2.75) is 89.3 Å². The van der Waals surface area contributed by atoms with Crippen LogP contribution < -0.4 is 16.0 Å². The topological polar surface area (TPSA) is 156 Å². The monoisotopic (exact) mass is 650 g/mol. The average Bonchev–Trinajstić information content (AvgIpc) is 3.67. The molecule has 12 heteroatoms. The van der Waals surface area contributed by atoms with Crippen molar-refractivity contribution in [3.05, 3.63) is 71.8 Å². The molecule has 0 bridgehead atoms. The van der Waals surface area contributed by atoms with Crippen molar-refractivity contribution >= 4 is 29.8 Å². The molecule has 2 aliphatic heterocycles. The summed E-state index contributed by atoms with van der Waals surface area (Å²) in [6, 6.07) is 15.7. The Balaban J connectivity index is 1.46. The molecule has 0 spiro atoms. The minimum atomic E-state index is -1.03. The Kier molecular flexibility index (Phi) is 13.2. The lowest BCUT2D eigenvalue weighted by atomic mass is 10.00. The summed E-state index contributed by atoms with van der Waals surface area (Å²) >= 11 is 0. The smallest absolute Gasteiger partial charge is 0.408 e. The summed E-state index contributed by atoms with van der Waals surface area (Å²) in [5.74, 6) is -1.58. The van der Waals surface area contributed by atoms with Crippen LogP contribution in [0.2, 0.25) is 0 Å². The van der Waals surface area contributed by atoms with Crippen molar-refractivity contribution in [3.8, 4) is 0 Å². The Hall–Kier alpha value is -4.45. The Morgan fingerprint density at radius 1 is 0.851 bits per heavy atom. The third-order valence-electron chi connectivity index (χ3n) is 8.26. The largest absolute Gasteiger partial charge is 0.467 e. The summed E-state index contributed by atoms with van der Waals surface area (Å²) in [6.45, 7) is 5.30. The normalized spacial score (nSPS) is 18.9. The van der Waals surface area contributed by atoms with Gasteiger partial charge in [-0.2, -0.15) is 0 Å². The highest BCUT2D eigenvalue weighted by Crippen LogP contribution is 2.29. The number of amides is 4. The molecule has 2 unspecified atom stereocenters. The molecule has 2 saturated heterocycles. The van der Waals surface area contributed by atoms with Gasteiger partial charge in [-0.3, -0.25) is 14.4 Å². The van der Waals surface area contributed by atoms with E-state index >= 15 is 0 Å². The van der Waals surface area contributed by atoms with Crippen molar-refractivity contribution < 1.29 is 38.2 Å². The zero-order valence-corrected chi connectivity index (χ0v) is 27.3. The van der Waals surface area contributed by atoms with E-state index in [0.29, 0.717) is 19.5 Å². The fraction of sp³-hybridized carbons (Fsp3) is 0.514. The van der Waals surface area contributed by atoms with Gasteiger partial charge in [-0.1, -0.05) is 74.5 Å². The maximum absolute atomic E-state index is 13.9. The van der Waals surface area contributed by atoms with Gasteiger partial charge < -0.3 is 35.1 Å². The Bertz CT molecular complexity index is 1350. The van der Waals surface area contributed by atoms with Gasteiger partial charge in [0.15, 0.2) is 6.10 Å². The van der Waals surface area contributed by atoms with Crippen LogP contribution in [0.3, 0.4) is 0 Å². The number of hydrogen-bond donors (Lipinski definition) is 3. The Morgan fingerprint density at radius 2 is 1.47 bits per heavy atom. The van der Waals surface area contributed by atoms with Crippen LogP contribution >= 0.6 is 0 Å². The van der Waals surface area contributed by atoms with Crippen LogP contribution in [0.15, 0.2) is 60.7 Å². The number of rotatable bonds is 16. The van der Waals surface area contributed by atoms with Gasteiger partial charge in [-0.25, -0.2) is 9.59 Å². The van der Waals surface area contributed by atoms with Gasteiger partial charge in [0.25, 0.3) is 0 Å². The average molecular weight is 651 g/mol. The zero-order chi connectivity index (χ0) is 33.8. The second-order valence-corrected chi connectivity index (χ2v) is 12.4. The van der Waals surface area contributed by atoms with E-state index in [1.54, 1.807) is 4.90 Å². The molecular weight excluding hydrogens is 604 g/mol. The van der Waals surface area contributed by atoms with Gasteiger partial charge in [0.2, 0.25) is 17.7 Å². The molecule has 4 rings (SSSR count). The van der Waals surface area contributed by atoms with Gasteiger partial charge in [0.1, 0.15) is 24.8 Å². The molecule has 2 aliphatic rings. The van der Waals surface area contributed by atoms with E-state index in [0.717, 1.165) is 24.0 Å². The number of esters is 1. The molecule has 4 amide bonds. The highest BCUT2D eigenvalue weighted by atomic mass is 16.6. The van der Waals surface area contributed by atoms with Gasteiger partial charge >= 0.3 is 12.1 Å². The highest BCUT2D eigenvalue weighted by Gasteiger charge is 2.51. The predicted molar refractivity (Wildman–Crippen MR) is 173 cm³/mol. The van der Waals surface area contributed by atoms with E-state index in [4.69, 9.17) is 14.2 Å². The molecule has 0 aromatic heterocycles. The minimum absolute atomic E-state index is 0.0205. The summed E-state index contributed by atoms with van der Waals surface area (Å²) in [4.78, 5) is 67.1. The van der Waals surface area contributed by atoms with Crippen LogP contribution in [0.4, 0.5) is 4.79 Å². The molecule has 254 valence electrons. The van der Waals surface area contributed by atoms with Crippen LogP contribution in [0.25, 0.3) is 0 Å². The van der Waals surface area contributed by atoms with Crippen LogP contribution in [-0.2, 0) is 46.4 Å². The van der Waals surface area contributed by atoms with E-state index < -0.39 is 54.2 Å². The second kappa shape index (κ2) is 17.5. The van der Waals surface area contributed by atoms with Crippen molar-refractivity contribution in [1.82, 2.24) is 20.9 Å². The number of ether oxygens (including phenoxy) is 3. The van der Waals surface area contributed by atoms with E-state index in [-0.39, 0.29) is 37.7 Å². The van der Waals surface area contributed by atoms with Crippen molar-refractivity contribution in [1.29, 1.82) is 0 Å². The molecule has 3 N–H and O–H groups in total. The fourth-order valence-electron chi connectivity index (χ4n) is 5.68. The van der Waals surface area contributed by atoms with E-state index in [1.165, 1.54) is 7.11 Å². The maximum Gasteiger partial charge on any atom is 0.408 e. The first-order valence-corrected chi connectivity index (χ1v) is 16.3. The van der Waals surface area contributed by atoms with E-state index in [9.17, 15) is 24.0 Å². The third kappa shape index (κ3) is 11.1. The number of epoxide rings is 1. The van der Waals surface area contributed by atoms with Crippen LogP contribution in [0.1, 0.15) is 57.1 Å². The lowest BCUT2D eigenvalue weighted by Crippen LogP contribution is -2.56. The van der Waals surface area contributed by atoms with Crippen LogP contribution in [0.5, 0.6) is 0 Å². The Labute approximate surface area is 275 Å². The number of hydrogen-bond acceptors (Lipinski definition) is 8. The number of benzene rings is 2. The number of nitrogens with one attached hydrogen (secondary N) is 3. The quantitative estimate of drug-likeness (QED) is 0.185. The lowest BCUT2D eigenvalue weighted by molar-refractivity contribution is -0.142. The van der Waals surface area contributed by atoms with Gasteiger partial charge in [0, 0.05) is 25.9 Å². The van der Waals surface area contributed by atoms with Crippen molar-refractivity contribution in [2.24, 2.45) is 5.92 Å². The number of carbonyl (C=O) groups is 5. The molecule has 0 radical (unpaired) electrons. The lowest BCUT2D eigenvalue weighted by Gasteiger charge is -2.26. The number of alkyl carbamates (subject to hydrolysis) is 1. The molecule has 2 aromatic carbocycles. The molecule has 0 aliphatic carbocycles. The molecule has 0 saturated carbocycles. The molecule has 12 nitrogen and oxygen atoms in total. The number of nitrogens with zero attached hydrogens (tertiary/aromatic N) is 1. The maximum atomic E-state index is 13.9. The predicted octanol–water partition coefficient (Wildman–Crippen LogP) is 2.88. The van der Waals surface area contributed by atoms with E-state index in [1.807, 2.05) is 74.5 Å². The van der Waals surface area contributed by atoms with Gasteiger partial charge in [-0.05, 0) is 42.7 Å². The molecule has 2 heterocycles. The molecular formula is C35H46N4O8. The molecule has 2 fully saturated rings. The first-order chi connectivity index (χ1) is 22.6. The van der Waals surface area contributed by atoms with Crippen molar-refractivity contribution in [2.75, 3.05) is 20.2 Å².